The molecule has 0 saturated carbocycles. The van der Waals surface area contributed by atoms with E-state index in [-0.39, 0.29) is 17.7 Å². The van der Waals surface area contributed by atoms with Gasteiger partial charge in [0, 0.05) is 12.4 Å². The molecule has 1 saturated heterocycles. The number of nitrogens with one attached hydrogen (secondary N) is 3. The van der Waals surface area contributed by atoms with Gasteiger partial charge in [-0.15, -0.1) is 0 Å². The van der Waals surface area contributed by atoms with Crippen LogP contribution in [0, 0.1) is 5.92 Å². The predicted octanol–water partition coefficient (Wildman–Crippen LogP) is 0.390. The van der Waals surface area contributed by atoms with Gasteiger partial charge in [0.1, 0.15) is 5.82 Å². The summed E-state index contributed by atoms with van der Waals surface area (Å²) in [5.74, 6) is 1.11. The van der Waals surface area contributed by atoms with Gasteiger partial charge in [0.2, 0.25) is 10.0 Å². The zero-order valence-electron chi connectivity index (χ0n) is 10.5. The van der Waals surface area contributed by atoms with Crippen LogP contribution in [0.5, 0.6) is 0 Å². The van der Waals surface area contributed by atoms with Crippen molar-refractivity contribution < 1.29 is 8.42 Å². The summed E-state index contributed by atoms with van der Waals surface area (Å²) in [7, 11) is -3.24. The number of aromatic amines is 1. The third-order valence-corrected chi connectivity index (χ3v) is 4.82. The van der Waals surface area contributed by atoms with Crippen LogP contribution >= 0.6 is 0 Å². The molecule has 6 nitrogen and oxygen atoms in total. The van der Waals surface area contributed by atoms with Crippen LogP contribution in [0.4, 0.5) is 0 Å². The largest absolute Gasteiger partial charge is 0.347 e. The van der Waals surface area contributed by atoms with E-state index in [0.717, 1.165) is 25.9 Å². The van der Waals surface area contributed by atoms with Gasteiger partial charge in [-0.2, -0.15) is 0 Å². The van der Waals surface area contributed by atoms with Gasteiger partial charge >= 0.3 is 0 Å². The van der Waals surface area contributed by atoms with Gasteiger partial charge in [0.25, 0.3) is 0 Å². The van der Waals surface area contributed by atoms with E-state index in [1.807, 2.05) is 0 Å². The molecule has 2 rings (SSSR count). The molecular weight excluding hydrogens is 252 g/mol. The normalized spacial score (nSPS) is 19.8. The number of nitrogens with zero attached hydrogens (tertiary/aromatic N) is 1. The smallest absolute Gasteiger partial charge is 0.212 e. The number of aromatic nitrogens is 2. The number of sulfonamides is 1. The maximum Gasteiger partial charge on any atom is 0.212 e. The van der Waals surface area contributed by atoms with E-state index in [1.54, 1.807) is 19.3 Å². The van der Waals surface area contributed by atoms with Crippen LogP contribution in [-0.2, 0) is 10.0 Å². The van der Waals surface area contributed by atoms with Crippen LogP contribution in [0.1, 0.15) is 31.6 Å². The van der Waals surface area contributed by atoms with E-state index < -0.39 is 10.0 Å². The molecule has 3 N–H and O–H groups in total. The zero-order valence-corrected chi connectivity index (χ0v) is 11.3. The van der Waals surface area contributed by atoms with Crippen molar-refractivity contribution in [3.8, 4) is 0 Å². The topological polar surface area (TPSA) is 86.9 Å². The summed E-state index contributed by atoms with van der Waals surface area (Å²) in [6.45, 7) is 3.61. The molecule has 1 aliphatic rings. The van der Waals surface area contributed by atoms with E-state index in [1.165, 1.54) is 0 Å². The number of rotatable bonds is 5. The van der Waals surface area contributed by atoms with Crippen molar-refractivity contribution in [1.29, 1.82) is 0 Å². The average molecular weight is 272 g/mol. The first-order valence-corrected chi connectivity index (χ1v) is 7.92. The lowest BCUT2D eigenvalue weighted by molar-refractivity contribution is 0.399. The SMILES string of the molecule is CC(NS(=O)(=O)CC1CCNCC1)c1ncc[nH]1. The van der Waals surface area contributed by atoms with Crippen LogP contribution in [0.2, 0.25) is 0 Å². The molecule has 1 aliphatic heterocycles. The van der Waals surface area contributed by atoms with Gasteiger partial charge in [-0.1, -0.05) is 0 Å². The van der Waals surface area contributed by atoms with E-state index in [9.17, 15) is 8.42 Å². The molecule has 0 spiro atoms. The Morgan fingerprint density at radius 2 is 2.22 bits per heavy atom. The Bertz CT molecular complexity index is 451. The highest BCUT2D eigenvalue weighted by atomic mass is 32.2. The van der Waals surface area contributed by atoms with Crippen molar-refractivity contribution in [2.75, 3.05) is 18.8 Å². The van der Waals surface area contributed by atoms with Gasteiger partial charge in [0.05, 0.1) is 11.8 Å². The summed E-state index contributed by atoms with van der Waals surface area (Å²) >= 11 is 0. The summed E-state index contributed by atoms with van der Waals surface area (Å²) in [5, 5.41) is 3.23. The van der Waals surface area contributed by atoms with Gasteiger partial charge in [0.15, 0.2) is 0 Å². The first-order valence-electron chi connectivity index (χ1n) is 6.27. The second-order valence-electron chi connectivity index (χ2n) is 4.79. The standard InChI is InChI=1S/C11H20N4O2S/c1-9(11-13-6-7-14-11)15-18(16,17)8-10-2-4-12-5-3-10/h6-7,9-10,12,15H,2-5,8H2,1H3,(H,13,14). The van der Waals surface area contributed by atoms with Crippen molar-refractivity contribution in [2.45, 2.75) is 25.8 Å². The molecule has 102 valence electrons. The molecule has 0 amide bonds. The minimum absolute atomic E-state index is 0.208. The summed E-state index contributed by atoms with van der Waals surface area (Å²) in [5.41, 5.74) is 0. The molecule has 0 aliphatic carbocycles. The lowest BCUT2D eigenvalue weighted by atomic mass is 10.0. The van der Waals surface area contributed by atoms with Crippen molar-refractivity contribution >= 4 is 10.0 Å². The third kappa shape index (κ3) is 3.79. The predicted molar refractivity (Wildman–Crippen MR) is 69.5 cm³/mol. The molecule has 7 heteroatoms. The lowest BCUT2D eigenvalue weighted by Gasteiger charge is -2.23. The lowest BCUT2D eigenvalue weighted by Crippen LogP contribution is -2.36. The van der Waals surface area contributed by atoms with Crippen LogP contribution in [0.25, 0.3) is 0 Å². The Kier molecular flexibility index (Phi) is 4.36. The summed E-state index contributed by atoms with van der Waals surface area (Å²) in [4.78, 5) is 6.97. The number of piperidine rings is 1. The molecule has 1 atom stereocenters. The highest BCUT2D eigenvalue weighted by Gasteiger charge is 2.23. The minimum atomic E-state index is -3.24. The first-order chi connectivity index (χ1) is 8.57. The average Bonchev–Trinajstić information content (AvgIpc) is 2.82. The molecular formula is C11H20N4O2S. The minimum Gasteiger partial charge on any atom is -0.347 e. The Balaban J connectivity index is 1.90. The number of H-pyrrole nitrogens is 1. The highest BCUT2D eigenvalue weighted by Crippen LogP contribution is 2.15. The van der Waals surface area contributed by atoms with Gasteiger partial charge in [-0.3, -0.25) is 0 Å². The van der Waals surface area contributed by atoms with Gasteiger partial charge in [-0.05, 0) is 38.8 Å². The Labute approximate surface area is 108 Å². The van der Waals surface area contributed by atoms with Crippen LogP contribution in [0.15, 0.2) is 12.4 Å². The third-order valence-electron chi connectivity index (χ3n) is 3.20. The van der Waals surface area contributed by atoms with Crippen LogP contribution in [-0.4, -0.2) is 37.2 Å². The quantitative estimate of drug-likeness (QED) is 0.723. The Hall–Kier alpha value is -0.920. The molecule has 1 aromatic rings. The number of imidazole rings is 1. The molecule has 1 unspecified atom stereocenters. The maximum atomic E-state index is 12.0. The first kappa shape index (κ1) is 13.5. The van der Waals surface area contributed by atoms with Crippen molar-refractivity contribution in [2.24, 2.45) is 5.92 Å². The fourth-order valence-corrected chi connectivity index (χ4v) is 3.95. The van der Waals surface area contributed by atoms with Gasteiger partial charge < -0.3 is 10.3 Å². The molecule has 1 aromatic heterocycles. The van der Waals surface area contributed by atoms with Crippen LogP contribution in [0.3, 0.4) is 0 Å². The molecule has 0 radical (unpaired) electrons. The fraction of sp³-hybridized carbons (Fsp3) is 0.727. The Morgan fingerprint density at radius 3 is 2.83 bits per heavy atom. The number of hydrogen-bond donors (Lipinski definition) is 3. The summed E-state index contributed by atoms with van der Waals surface area (Å²) < 4.78 is 26.7. The Morgan fingerprint density at radius 1 is 1.50 bits per heavy atom. The second kappa shape index (κ2) is 5.81. The van der Waals surface area contributed by atoms with E-state index in [2.05, 4.69) is 20.0 Å². The van der Waals surface area contributed by atoms with E-state index >= 15 is 0 Å². The monoisotopic (exact) mass is 272 g/mol. The van der Waals surface area contributed by atoms with E-state index in [4.69, 9.17) is 0 Å². The van der Waals surface area contributed by atoms with Crippen LogP contribution < -0.4 is 10.0 Å². The molecule has 0 bridgehead atoms. The maximum absolute atomic E-state index is 12.0. The second-order valence-corrected chi connectivity index (χ2v) is 6.59. The summed E-state index contributed by atoms with van der Waals surface area (Å²) in [6.07, 6.45) is 5.16. The van der Waals surface area contributed by atoms with Crippen molar-refractivity contribution in [3.05, 3.63) is 18.2 Å². The molecule has 0 aromatic carbocycles. The fourth-order valence-electron chi connectivity index (χ4n) is 2.25. The van der Waals surface area contributed by atoms with Crippen molar-refractivity contribution in [3.63, 3.8) is 0 Å². The molecule has 18 heavy (non-hydrogen) atoms. The molecule has 2 heterocycles. The zero-order chi connectivity index (χ0) is 13.0. The molecule has 1 fully saturated rings. The number of hydrogen-bond acceptors (Lipinski definition) is 4. The van der Waals surface area contributed by atoms with Gasteiger partial charge in [-0.25, -0.2) is 18.1 Å². The van der Waals surface area contributed by atoms with Crippen molar-refractivity contribution in [1.82, 2.24) is 20.0 Å². The van der Waals surface area contributed by atoms with E-state index in [0.29, 0.717) is 5.82 Å². The highest BCUT2D eigenvalue weighted by molar-refractivity contribution is 7.89. The summed E-state index contributed by atoms with van der Waals surface area (Å²) in [6, 6.07) is -0.313.